The van der Waals surface area contributed by atoms with Crippen molar-refractivity contribution in [3.05, 3.63) is 71.3 Å². The van der Waals surface area contributed by atoms with Crippen LogP contribution < -0.4 is 10.1 Å². The Hall–Kier alpha value is -3.06. The van der Waals surface area contributed by atoms with E-state index in [1.54, 1.807) is 6.08 Å². The Bertz CT molecular complexity index is 759. The highest BCUT2D eigenvalue weighted by Gasteiger charge is 2.11. The lowest BCUT2D eigenvalue weighted by Gasteiger charge is -2.10. The summed E-state index contributed by atoms with van der Waals surface area (Å²) in [7, 11) is 0. The molecule has 1 atom stereocenters. The number of nitriles is 1. The second-order valence-electron chi connectivity index (χ2n) is 5.80. The molecule has 1 amide bonds. The number of hydrogen-bond donors (Lipinski definition) is 1. The van der Waals surface area contributed by atoms with Gasteiger partial charge in [0.15, 0.2) is 0 Å². The Kier molecular flexibility index (Phi) is 6.79. The van der Waals surface area contributed by atoms with Gasteiger partial charge >= 0.3 is 0 Å². The third kappa shape index (κ3) is 5.82. The number of carbonyl (C=O) groups is 1. The molecule has 0 radical (unpaired) electrons. The van der Waals surface area contributed by atoms with E-state index in [4.69, 9.17) is 4.74 Å². The largest absolute Gasteiger partial charge is 0.489 e. The van der Waals surface area contributed by atoms with Crippen molar-refractivity contribution in [2.45, 2.75) is 32.9 Å². The summed E-state index contributed by atoms with van der Waals surface area (Å²) in [4.78, 5) is 12.0. The monoisotopic (exact) mass is 334 g/mol. The van der Waals surface area contributed by atoms with Gasteiger partial charge in [0.25, 0.3) is 5.91 Å². The zero-order valence-corrected chi connectivity index (χ0v) is 14.5. The number of ether oxygens (including phenoxy) is 1. The minimum absolute atomic E-state index is 0.0398. The van der Waals surface area contributed by atoms with Gasteiger partial charge in [-0.25, -0.2) is 0 Å². The van der Waals surface area contributed by atoms with E-state index >= 15 is 0 Å². The van der Waals surface area contributed by atoms with E-state index in [9.17, 15) is 10.1 Å². The first kappa shape index (κ1) is 18.3. The van der Waals surface area contributed by atoms with Gasteiger partial charge in [0.1, 0.15) is 24.0 Å². The van der Waals surface area contributed by atoms with Crippen molar-refractivity contribution in [1.29, 1.82) is 5.26 Å². The Labute approximate surface area is 148 Å². The summed E-state index contributed by atoms with van der Waals surface area (Å²) in [5.74, 6) is 0.393. The lowest BCUT2D eigenvalue weighted by Crippen LogP contribution is -2.32. The predicted molar refractivity (Wildman–Crippen MR) is 98.7 cm³/mol. The maximum Gasteiger partial charge on any atom is 0.262 e. The van der Waals surface area contributed by atoms with Gasteiger partial charge in [0.05, 0.1) is 0 Å². The molecule has 0 saturated carbocycles. The molecule has 0 aliphatic heterocycles. The van der Waals surface area contributed by atoms with E-state index in [-0.39, 0.29) is 17.5 Å². The fourth-order valence-corrected chi connectivity index (χ4v) is 2.12. The molecule has 0 unspecified atom stereocenters. The molecule has 1 N–H and O–H groups in total. The normalized spacial score (nSPS) is 12.1. The Morgan fingerprint density at radius 3 is 2.48 bits per heavy atom. The first-order chi connectivity index (χ1) is 12.1. The van der Waals surface area contributed by atoms with Crippen molar-refractivity contribution in [1.82, 2.24) is 5.32 Å². The molecule has 0 aliphatic carbocycles. The SMILES string of the molecule is CC[C@H](C)NC(=O)/C(C#N)=C/c1ccc(OCc2ccccc2)cc1. The smallest absolute Gasteiger partial charge is 0.262 e. The Balaban J connectivity index is 2.00. The van der Waals surface area contributed by atoms with E-state index in [0.29, 0.717) is 6.61 Å². The molecule has 2 aromatic carbocycles. The first-order valence-corrected chi connectivity index (χ1v) is 8.31. The van der Waals surface area contributed by atoms with Crippen molar-refractivity contribution in [3.8, 4) is 11.8 Å². The third-order valence-electron chi connectivity index (χ3n) is 3.79. The summed E-state index contributed by atoms with van der Waals surface area (Å²) >= 11 is 0. The molecule has 25 heavy (non-hydrogen) atoms. The molecular weight excluding hydrogens is 312 g/mol. The van der Waals surface area contributed by atoms with Crippen LogP contribution in [0.1, 0.15) is 31.4 Å². The van der Waals surface area contributed by atoms with E-state index < -0.39 is 0 Å². The van der Waals surface area contributed by atoms with E-state index in [1.165, 1.54) is 0 Å². The second-order valence-corrected chi connectivity index (χ2v) is 5.80. The molecule has 4 nitrogen and oxygen atoms in total. The number of carbonyl (C=O) groups excluding carboxylic acids is 1. The highest BCUT2D eigenvalue weighted by Crippen LogP contribution is 2.16. The summed E-state index contributed by atoms with van der Waals surface area (Å²) in [6, 6.07) is 19.2. The average Bonchev–Trinajstić information content (AvgIpc) is 2.66. The van der Waals surface area contributed by atoms with Crippen LogP contribution in [0.2, 0.25) is 0 Å². The number of benzene rings is 2. The zero-order valence-electron chi connectivity index (χ0n) is 14.5. The van der Waals surface area contributed by atoms with E-state index in [2.05, 4.69) is 5.32 Å². The van der Waals surface area contributed by atoms with E-state index in [0.717, 1.165) is 23.3 Å². The lowest BCUT2D eigenvalue weighted by atomic mass is 10.1. The maximum absolute atomic E-state index is 12.0. The van der Waals surface area contributed by atoms with Crippen molar-refractivity contribution in [2.75, 3.05) is 0 Å². The van der Waals surface area contributed by atoms with Crippen LogP contribution in [0.5, 0.6) is 5.75 Å². The average molecular weight is 334 g/mol. The number of nitrogens with zero attached hydrogens (tertiary/aromatic N) is 1. The van der Waals surface area contributed by atoms with Crippen LogP contribution >= 0.6 is 0 Å². The van der Waals surface area contributed by atoms with Crippen LogP contribution in [0.15, 0.2) is 60.2 Å². The molecule has 0 bridgehead atoms. The molecule has 0 aliphatic rings. The maximum atomic E-state index is 12.0. The molecule has 2 aromatic rings. The fourth-order valence-electron chi connectivity index (χ4n) is 2.12. The summed E-state index contributed by atoms with van der Waals surface area (Å²) in [5.41, 5.74) is 1.97. The van der Waals surface area contributed by atoms with E-state index in [1.807, 2.05) is 74.5 Å². The zero-order chi connectivity index (χ0) is 18.1. The quantitative estimate of drug-likeness (QED) is 0.613. The van der Waals surface area contributed by atoms with Gasteiger partial charge in [0, 0.05) is 6.04 Å². The lowest BCUT2D eigenvalue weighted by molar-refractivity contribution is -0.117. The van der Waals surface area contributed by atoms with Crippen molar-refractivity contribution >= 4 is 12.0 Å². The van der Waals surface area contributed by atoms with Crippen molar-refractivity contribution in [2.24, 2.45) is 0 Å². The summed E-state index contributed by atoms with van der Waals surface area (Å²) in [5, 5.41) is 12.0. The molecule has 4 heteroatoms. The van der Waals surface area contributed by atoms with Crippen LogP contribution in [-0.4, -0.2) is 11.9 Å². The van der Waals surface area contributed by atoms with Crippen LogP contribution in [0, 0.1) is 11.3 Å². The highest BCUT2D eigenvalue weighted by molar-refractivity contribution is 6.01. The van der Waals surface area contributed by atoms with Crippen LogP contribution in [0.25, 0.3) is 6.08 Å². The summed E-state index contributed by atoms with van der Waals surface area (Å²) in [6.45, 7) is 4.39. The number of hydrogen-bond acceptors (Lipinski definition) is 3. The van der Waals surface area contributed by atoms with Gasteiger partial charge in [-0.05, 0) is 42.7 Å². The van der Waals surface area contributed by atoms with Crippen molar-refractivity contribution in [3.63, 3.8) is 0 Å². The van der Waals surface area contributed by atoms with Gasteiger partial charge in [-0.3, -0.25) is 4.79 Å². The number of rotatable bonds is 7. The van der Waals surface area contributed by atoms with Gasteiger partial charge in [-0.1, -0.05) is 49.4 Å². The summed E-state index contributed by atoms with van der Waals surface area (Å²) in [6.07, 6.45) is 2.40. The molecule has 0 aromatic heterocycles. The van der Waals surface area contributed by atoms with Crippen molar-refractivity contribution < 1.29 is 9.53 Å². The molecule has 0 fully saturated rings. The minimum atomic E-state index is -0.346. The van der Waals surface area contributed by atoms with Gasteiger partial charge < -0.3 is 10.1 Å². The third-order valence-corrected chi connectivity index (χ3v) is 3.79. The molecule has 0 spiro atoms. The second kappa shape index (κ2) is 9.29. The Morgan fingerprint density at radius 1 is 1.20 bits per heavy atom. The Morgan fingerprint density at radius 2 is 1.88 bits per heavy atom. The fraction of sp³-hybridized carbons (Fsp3) is 0.238. The summed E-state index contributed by atoms with van der Waals surface area (Å²) < 4.78 is 5.73. The first-order valence-electron chi connectivity index (χ1n) is 8.31. The van der Waals surface area contributed by atoms with Crippen LogP contribution in [0.4, 0.5) is 0 Å². The molecular formula is C21H22N2O2. The minimum Gasteiger partial charge on any atom is -0.489 e. The highest BCUT2D eigenvalue weighted by atomic mass is 16.5. The molecule has 128 valence electrons. The van der Waals surface area contributed by atoms with Gasteiger partial charge in [-0.15, -0.1) is 0 Å². The van der Waals surface area contributed by atoms with Gasteiger partial charge in [0.2, 0.25) is 0 Å². The topological polar surface area (TPSA) is 62.1 Å². The standard InChI is InChI=1S/C21H22N2O2/c1-3-16(2)23-21(24)19(14-22)13-17-9-11-20(12-10-17)25-15-18-7-5-4-6-8-18/h4-13,16H,3,15H2,1-2H3,(H,23,24)/b19-13+/t16-/m0/s1. The molecule has 2 rings (SSSR count). The molecule has 0 saturated heterocycles. The van der Waals surface area contributed by atoms with Crippen LogP contribution in [0.3, 0.4) is 0 Å². The predicted octanol–water partition coefficient (Wildman–Crippen LogP) is 4.09. The molecule has 0 heterocycles. The number of amides is 1. The number of nitrogens with one attached hydrogen (secondary N) is 1. The van der Waals surface area contributed by atoms with Crippen LogP contribution in [-0.2, 0) is 11.4 Å². The van der Waals surface area contributed by atoms with Gasteiger partial charge in [-0.2, -0.15) is 5.26 Å².